The molecule has 1 fully saturated rings. The average molecular weight is 467 g/mol. The van der Waals surface area contributed by atoms with E-state index in [1.165, 1.54) is 33.8 Å². The highest BCUT2D eigenvalue weighted by Gasteiger charge is 2.42. The maximum Gasteiger partial charge on any atom is 0.174 e. The zero-order valence-electron chi connectivity index (χ0n) is 20.1. The largest absolute Gasteiger partial charge is 0.351 e. The maximum absolute atomic E-state index is 5.92. The first-order chi connectivity index (χ1) is 16.5. The van der Waals surface area contributed by atoms with Crippen molar-refractivity contribution >= 4 is 23.0 Å². The van der Waals surface area contributed by atoms with Gasteiger partial charge in [0.1, 0.15) is 0 Å². The van der Waals surface area contributed by atoms with E-state index in [2.05, 4.69) is 103 Å². The second kappa shape index (κ2) is 9.07. The molecule has 4 aromatic rings. The monoisotopic (exact) mass is 466 g/mol. The third-order valence-electron chi connectivity index (χ3n) is 6.78. The first kappa shape index (κ1) is 22.4. The molecule has 0 bridgehead atoms. The van der Waals surface area contributed by atoms with Crippen LogP contribution in [0, 0.1) is 20.8 Å². The smallest absolute Gasteiger partial charge is 0.174 e. The molecule has 2 atom stereocenters. The van der Waals surface area contributed by atoms with Crippen LogP contribution in [0.3, 0.4) is 0 Å². The van der Waals surface area contributed by atoms with Crippen molar-refractivity contribution in [3.8, 4) is 5.69 Å². The molecule has 3 heterocycles. The molecule has 0 saturated carbocycles. The topological polar surface area (TPSA) is 33.1 Å². The summed E-state index contributed by atoms with van der Waals surface area (Å²) in [6.45, 7) is 8.75. The fourth-order valence-corrected chi connectivity index (χ4v) is 5.56. The molecular weight excluding hydrogens is 436 g/mol. The average Bonchev–Trinajstić information content (AvgIpc) is 3.34. The van der Waals surface area contributed by atoms with Gasteiger partial charge in [0.2, 0.25) is 0 Å². The highest BCUT2D eigenvalue weighted by atomic mass is 32.1. The summed E-state index contributed by atoms with van der Waals surface area (Å²) in [6.07, 6.45) is 2.84. The SMILES string of the molecule is CCc1ccccc1-n1c(C)cc([C@@H]2[C@@H](c3ccccn3)NC(=S)N2c2cccc(C)c2)c1C. The molecule has 2 aromatic carbocycles. The summed E-state index contributed by atoms with van der Waals surface area (Å²) in [5, 5.41) is 4.32. The molecule has 0 amide bonds. The van der Waals surface area contributed by atoms with E-state index in [9.17, 15) is 0 Å². The highest BCUT2D eigenvalue weighted by Crippen LogP contribution is 2.44. The van der Waals surface area contributed by atoms with Gasteiger partial charge in [0.25, 0.3) is 0 Å². The van der Waals surface area contributed by atoms with Crippen LogP contribution in [0.1, 0.15) is 52.8 Å². The van der Waals surface area contributed by atoms with Gasteiger partial charge in [-0.25, -0.2) is 0 Å². The number of thiocarbonyl (C=S) groups is 1. The van der Waals surface area contributed by atoms with E-state index >= 15 is 0 Å². The molecule has 5 heteroatoms. The number of aryl methyl sites for hydroxylation is 3. The number of hydrogen-bond donors (Lipinski definition) is 1. The Labute approximate surface area is 207 Å². The molecule has 0 unspecified atom stereocenters. The molecule has 0 aliphatic carbocycles. The van der Waals surface area contributed by atoms with E-state index in [1.807, 2.05) is 18.3 Å². The Bertz CT molecular complexity index is 1340. The molecule has 0 radical (unpaired) electrons. The second-order valence-electron chi connectivity index (χ2n) is 8.98. The van der Waals surface area contributed by atoms with Gasteiger partial charge in [-0.3, -0.25) is 4.98 Å². The molecule has 0 spiro atoms. The van der Waals surface area contributed by atoms with Crippen LogP contribution in [-0.2, 0) is 6.42 Å². The summed E-state index contributed by atoms with van der Waals surface area (Å²) < 4.78 is 2.39. The maximum atomic E-state index is 5.92. The molecule has 5 rings (SSSR count). The molecule has 1 N–H and O–H groups in total. The fourth-order valence-electron chi connectivity index (χ4n) is 5.21. The van der Waals surface area contributed by atoms with E-state index in [4.69, 9.17) is 17.2 Å². The first-order valence-electron chi connectivity index (χ1n) is 11.8. The van der Waals surface area contributed by atoms with E-state index < -0.39 is 0 Å². The molecule has 2 aromatic heterocycles. The lowest BCUT2D eigenvalue weighted by atomic mass is 9.96. The number of anilines is 1. The Kier molecular flexibility index (Phi) is 5.96. The number of hydrogen-bond acceptors (Lipinski definition) is 2. The summed E-state index contributed by atoms with van der Waals surface area (Å²) in [5.41, 5.74) is 9.59. The zero-order chi connectivity index (χ0) is 23.8. The van der Waals surface area contributed by atoms with Crippen molar-refractivity contribution in [1.82, 2.24) is 14.9 Å². The van der Waals surface area contributed by atoms with Gasteiger partial charge in [-0.05, 0) is 92.5 Å². The Morgan fingerprint density at radius 1 is 0.941 bits per heavy atom. The van der Waals surface area contributed by atoms with Crippen molar-refractivity contribution in [2.75, 3.05) is 4.90 Å². The Hall–Kier alpha value is -3.44. The number of pyridine rings is 1. The Morgan fingerprint density at radius 2 is 1.74 bits per heavy atom. The fraction of sp³-hybridized carbons (Fsp3) is 0.241. The minimum atomic E-state index is -0.0513. The number of aromatic nitrogens is 2. The molecule has 4 nitrogen and oxygen atoms in total. The van der Waals surface area contributed by atoms with Gasteiger partial charge >= 0.3 is 0 Å². The zero-order valence-corrected chi connectivity index (χ0v) is 20.9. The highest BCUT2D eigenvalue weighted by molar-refractivity contribution is 7.80. The van der Waals surface area contributed by atoms with Gasteiger partial charge in [0.05, 0.1) is 17.8 Å². The van der Waals surface area contributed by atoms with Gasteiger partial charge in [-0.1, -0.05) is 43.3 Å². The number of benzene rings is 2. The Morgan fingerprint density at radius 3 is 2.47 bits per heavy atom. The van der Waals surface area contributed by atoms with Crippen LogP contribution < -0.4 is 10.2 Å². The number of para-hydroxylation sites is 1. The van der Waals surface area contributed by atoms with Crippen LogP contribution in [0.5, 0.6) is 0 Å². The minimum absolute atomic E-state index is 0.0158. The number of rotatable bonds is 5. The molecule has 34 heavy (non-hydrogen) atoms. The normalized spacial score (nSPS) is 17.8. The van der Waals surface area contributed by atoms with E-state index in [-0.39, 0.29) is 12.1 Å². The third-order valence-corrected chi connectivity index (χ3v) is 7.09. The second-order valence-corrected chi connectivity index (χ2v) is 9.37. The molecule has 172 valence electrons. The van der Waals surface area contributed by atoms with Crippen LogP contribution in [0.15, 0.2) is 79.0 Å². The van der Waals surface area contributed by atoms with Crippen molar-refractivity contribution in [1.29, 1.82) is 0 Å². The van der Waals surface area contributed by atoms with Gasteiger partial charge in [0, 0.05) is 29.0 Å². The predicted octanol–water partition coefficient (Wildman–Crippen LogP) is 6.54. The van der Waals surface area contributed by atoms with Crippen LogP contribution in [-0.4, -0.2) is 14.7 Å². The van der Waals surface area contributed by atoms with Crippen LogP contribution in [0.25, 0.3) is 5.69 Å². The molecular formula is C29H30N4S. The van der Waals surface area contributed by atoms with Crippen molar-refractivity contribution in [3.63, 3.8) is 0 Å². The van der Waals surface area contributed by atoms with E-state index in [1.54, 1.807) is 0 Å². The van der Waals surface area contributed by atoms with E-state index in [0.717, 1.165) is 22.9 Å². The number of nitrogens with zero attached hydrogens (tertiary/aromatic N) is 3. The lowest BCUT2D eigenvalue weighted by Gasteiger charge is -2.28. The summed E-state index contributed by atoms with van der Waals surface area (Å²) in [7, 11) is 0. The summed E-state index contributed by atoms with van der Waals surface area (Å²) in [5.74, 6) is 0. The van der Waals surface area contributed by atoms with Crippen LogP contribution in [0.4, 0.5) is 5.69 Å². The quantitative estimate of drug-likeness (QED) is 0.339. The van der Waals surface area contributed by atoms with Crippen molar-refractivity contribution in [2.24, 2.45) is 0 Å². The van der Waals surface area contributed by atoms with Gasteiger partial charge < -0.3 is 14.8 Å². The lowest BCUT2D eigenvalue weighted by molar-refractivity contribution is 0.565. The van der Waals surface area contributed by atoms with Crippen molar-refractivity contribution < 1.29 is 0 Å². The first-order valence-corrected chi connectivity index (χ1v) is 12.2. The summed E-state index contributed by atoms with van der Waals surface area (Å²) >= 11 is 5.92. The van der Waals surface area contributed by atoms with Crippen LogP contribution >= 0.6 is 12.2 Å². The van der Waals surface area contributed by atoms with Crippen molar-refractivity contribution in [2.45, 2.75) is 46.2 Å². The van der Waals surface area contributed by atoms with Crippen LogP contribution in [0.2, 0.25) is 0 Å². The number of nitrogens with one attached hydrogen (secondary N) is 1. The summed E-state index contributed by atoms with van der Waals surface area (Å²) in [6, 6.07) is 25.6. The predicted molar refractivity (Wildman–Crippen MR) is 144 cm³/mol. The molecule has 1 saturated heterocycles. The van der Waals surface area contributed by atoms with Crippen molar-refractivity contribution in [3.05, 3.63) is 113 Å². The van der Waals surface area contributed by atoms with Gasteiger partial charge in [-0.15, -0.1) is 0 Å². The van der Waals surface area contributed by atoms with Gasteiger partial charge in [0.15, 0.2) is 5.11 Å². The standard InChI is InChI=1S/C29H30N4S/c1-5-22-12-6-7-15-26(22)32-20(3)18-24(21(32)4)28-27(25-14-8-9-16-30-25)31-29(34)33(28)23-13-10-11-19(2)17-23/h6-18,27-28H,5H2,1-4H3,(H,31,34)/t27-,28-/m1/s1. The summed E-state index contributed by atoms with van der Waals surface area (Å²) in [4.78, 5) is 6.97. The molecule has 1 aliphatic rings. The third kappa shape index (κ3) is 3.80. The molecule has 1 aliphatic heterocycles. The van der Waals surface area contributed by atoms with E-state index in [0.29, 0.717) is 0 Å². The van der Waals surface area contributed by atoms with Gasteiger partial charge in [-0.2, -0.15) is 0 Å². The Balaban J connectivity index is 1.70. The lowest BCUT2D eigenvalue weighted by Crippen LogP contribution is -2.29. The minimum Gasteiger partial charge on any atom is -0.351 e.